The van der Waals surface area contributed by atoms with Crippen molar-refractivity contribution in [2.75, 3.05) is 45.0 Å². The van der Waals surface area contributed by atoms with Crippen molar-refractivity contribution < 1.29 is 0 Å². The zero-order valence-corrected chi connectivity index (χ0v) is 13.1. The van der Waals surface area contributed by atoms with Crippen molar-refractivity contribution >= 4 is 12.6 Å². The topological polar surface area (TPSA) is 6.48 Å². The van der Waals surface area contributed by atoms with Crippen LogP contribution in [0.3, 0.4) is 0 Å². The molecule has 0 aromatic carbocycles. The third-order valence-electron chi connectivity index (χ3n) is 4.04. The quantitative estimate of drug-likeness (QED) is 0.482. The van der Waals surface area contributed by atoms with Gasteiger partial charge in [-0.15, -0.1) is 0 Å². The molecule has 1 rings (SSSR count). The Bertz CT molecular complexity index is 179. The van der Waals surface area contributed by atoms with E-state index in [0.29, 0.717) is 0 Å². The predicted octanol–water partition coefficient (Wildman–Crippen LogP) is 3.28. The lowest BCUT2D eigenvalue weighted by atomic mass is 10.1. The minimum atomic E-state index is 1.06. The van der Waals surface area contributed by atoms with E-state index in [1.807, 2.05) is 0 Å². The third-order valence-corrected chi connectivity index (χ3v) is 4.36. The first-order valence-electron chi connectivity index (χ1n) is 7.92. The lowest BCUT2D eigenvalue weighted by Crippen LogP contribution is -2.46. The molecule has 3 heteroatoms. The first-order valence-corrected chi connectivity index (χ1v) is 8.55. The van der Waals surface area contributed by atoms with Crippen molar-refractivity contribution in [3.63, 3.8) is 0 Å². The van der Waals surface area contributed by atoms with Crippen molar-refractivity contribution in [1.29, 1.82) is 0 Å². The number of piperazine rings is 1. The smallest absolute Gasteiger partial charge is 0.0110 e. The molecule has 1 saturated heterocycles. The summed E-state index contributed by atoms with van der Waals surface area (Å²) in [6.45, 7) is 9.95. The molecule has 0 radical (unpaired) electrons. The van der Waals surface area contributed by atoms with Gasteiger partial charge < -0.3 is 9.80 Å². The van der Waals surface area contributed by atoms with Gasteiger partial charge in [-0.25, -0.2) is 0 Å². The van der Waals surface area contributed by atoms with Crippen molar-refractivity contribution in [3.05, 3.63) is 0 Å². The Balaban J connectivity index is 1.84. The molecular formula is C15H32N2S. The van der Waals surface area contributed by atoms with E-state index in [-0.39, 0.29) is 0 Å². The van der Waals surface area contributed by atoms with E-state index in [1.54, 1.807) is 0 Å². The van der Waals surface area contributed by atoms with Gasteiger partial charge in [0.05, 0.1) is 0 Å². The van der Waals surface area contributed by atoms with E-state index in [0.717, 1.165) is 5.75 Å². The van der Waals surface area contributed by atoms with Gasteiger partial charge in [-0.3, -0.25) is 0 Å². The number of nitrogens with zero attached hydrogens (tertiary/aromatic N) is 2. The van der Waals surface area contributed by atoms with Gasteiger partial charge in [-0.05, 0) is 31.7 Å². The SMILES string of the molecule is CCN1CCN(CCCCCCCCCS)CC1. The van der Waals surface area contributed by atoms with Crippen LogP contribution in [-0.2, 0) is 0 Å². The van der Waals surface area contributed by atoms with Gasteiger partial charge in [0.25, 0.3) is 0 Å². The average Bonchev–Trinajstić information content (AvgIpc) is 2.42. The molecule has 0 aliphatic carbocycles. The molecular weight excluding hydrogens is 240 g/mol. The average molecular weight is 273 g/mol. The molecule has 1 aliphatic rings. The van der Waals surface area contributed by atoms with Crippen LogP contribution in [0.2, 0.25) is 0 Å². The molecule has 1 aliphatic heterocycles. The van der Waals surface area contributed by atoms with Gasteiger partial charge in [0.15, 0.2) is 0 Å². The standard InChI is InChI=1S/C15H32N2S/c1-2-16-11-13-17(14-12-16)10-8-6-4-3-5-7-9-15-18/h18H,2-15H2,1H3. The highest BCUT2D eigenvalue weighted by atomic mass is 32.1. The summed E-state index contributed by atoms with van der Waals surface area (Å²) in [6, 6.07) is 0. The Morgan fingerprint density at radius 3 is 1.78 bits per heavy atom. The zero-order chi connectivity index (χ0) is 13.1. The van der Waals surface area contributed by atoms with Crippen LogP contribution in [0.1, 0.15) is 51.9 Å². The Hall–Kier alpha value is 0.270. The minimum Gasteiger partial charge on any atom is -0.301 e. The largest absolute Gasteiger partial charge is 0.301 e. The van der Waals surface area contributed by atoms with Crippen molar-refractivity contribution in [2.24, 2.45) is 0 Å². The first-order chi connectivity index (χ1) is 8.86. The maximum Gasteiger partial charge on any atom is 0.0110 e. The summed E-state index contributed by atoms with van der Waals surface area (Å²) in [5.74, 6) is 1.06. The number of hydrogen-bond donors (Lipinski definition) is 1. The summed E-state index contributed by atoms with van der Waals surface area (Å²) in [7, 11) is 0. The van der Waals surface area contributed by atoms with Crippen molar-refractivity contribution in [1.82, 2.24) is 9.80 Å². The maximum absolute atomic E-state index is 4.24. The van der Waals surface area contributed by atoms with Gasteiger partial charge in [0.2, 0.25) is 0 Å². The van der Waals surface area contributed by atoms with Crippen LogP contribution in [-0.4, -0.2) is 54.8 Å². The molecule has 0 aromatic rings. The highest BCUT2D eigenvalue weighted by Crippen LogP contribution is 2.09. The molecule has 0 saturated carbocycles. The van der Waals surface area contributed by atoms with Crippen molar-refractivity contribution in [3.8, 4) is 0 Å². The molecule has 0 bridgehead atoms. The third kappa shape index (κ3) is 7.65. The molecule has 0 N–H and O–H groups in total. The van der Waals surface area contributed by atoms with Crippen LogP contribution >= 0.6 is 12.6 Å². The van der Waals surface area contributed by atoms with Crippen LogP contribution in [0.15, 0.2) is 0 Å². The molecule has 18 heavy (non-hydrogen) atoms. The highest BCUT2D eigenvalue weighted by molar-refractivity contribution is 7.80. The first kappa shape index (κ1) is 16.3. The van der Waals surface area contributed by atoms with Crippen LogP contribution in [0.25, 0.3) is 0 Å². The second-order valence-corrected chi connectivity index (χ2v) is 5.92. The van der Waals surface area contributed by atoms with Crippen LogP contribution in [0, 0.1) is 0 Å². The van der Waals surface area contributed by atoms with E-state index in [2.05, 4.69) is 29.4 Å². The Kier molecular flexibility index (Phi) is 10.1. The molecule has 0 unspecified atom stereocenters. The second kappa shape index (κ2) is 11.1. The summed E-state index contributed by atoms with van der Waals surface area (Å²) >= 11 is 4.24. The van der Waals surface area contributed by atoms with Crippen LogP contribution in [0.4, 0.5) is 0 Å². The Morgan fingerprint density at radius 2 is 1.22 bits per heavy atom. The number of thiol groups is 1. The number of unbranched alkanes of at least 4 members (excludes halogenated alkanes) is 6. The molecule has 0 aromatic heterocycles. The van der Waals surface area contributed by atoms with E-state index in [9.17, 15) is 0 Å². The Labute approximate surface area is 120 Å². The maximum atomic E-state index is 4.24. The van der Waals surface area contributed by atoms with Gasteiger partial charge >= 0.3 is 0 Å². The number of rotatable bonds is 10. The van der Waals surface area contributed by atoms with Crippen LogP contribution < -0.4 is 0 Å². The van der Waals surface area contributed by atoms with E-state index in [1.165, 1.54) is 84.2 Å². The molecule has 1 fully saturated rings. The normalized spacial score (nSPS) is 18.3. The lowest BCUT2D eigenvalue weighted by molar-refractivity contribution is 0.135. The second-order valence-electron chi connectivity index (χ2n) is 5.47. The summed E-state index contributed by atoms with van der Waals surface area (Å²) < 4.78 is 0. The number of hydrogen-bond acceptors (Lipinski definition) is 3. The van der Waals surface area contributed by atoms with E-state index >= 15 is 0 Å². The van der Waals surface area contributed by atoms with E-state index in [4.69, 9.17) is 0 Å². The van der Waals surface area contributed by atoms with Crippen LogP contribution in [0.5, 0.6) is 0 Å². The van der Waals surface area contributed by atoms with E-state index < -0.39 is 0 Å². The predicted molar refractivity (Wildman–Crippen MR) is 84.7 cm³/mol. The van der Waals surface area contributed by atoms with Crippen molar-refractivity contribution in [2.45, 2.75) is 51.9 Å². The van der Waals surface area contributed by atoms with Gasteiger partial charge in [0.1, 0.15) is 0 Å². The number of likely N-dealkylation sites (N-methyl/N-ethyl adjacent to an activating group) is 1. The molecule has 2 nitrogen and oxygen atoms in total. The Morgan fingerprint density at radius 1 is 0.722 bits per heavy atom. The minimum absolute atomic E-state index is 1.06. The fourth-order valence-corrected chi connectivity index (χ4v) is 2.88. The zero-order valence-electron chi connectivity index (χ0n) is 12.2. The molecule has 0 amide bonds. The fraction of sp³-hybridized carbons (Fsp3) is 1.00. The monoisotopic (exact) mass is 272 g/mol. The summed E-state index contributed by atoms with van der Waals surface area (Å²) in [5.41, 5.74) is 0. The molecule has 0 atom stereocenters. The summed E-state index contributed by atoms with van der Waals surface area (Å²) in [5, 5.41) is 0. The lowest BCUT2D eigenvalue weighted by Gasteiger charge is -2.33. The highest BCUT2D eigenvalue weighted by Gasteiger charge is 2.14. The summed E-state index contributed by atoms with van der Waals surface area (Å²) in [4.78, 5) is 5.20. The molecule has 0 spiro atoms. The summed E-state index contributed by atoms with van der Waals surface area (Å²) in [6.07, 6.45) is 9.77. The van der Waals surface area contributed by atoms with Gasteiger partial charge in [-0.2, -0.15) is 12.6 Å². The molecule has 1 heterocycles. The fourth-order valence-electron chi connectivity index (χ4n) is 2.66. The van der Waals surface area contributed by atoms with Gasteiger partial charge in [0, 0.05) is 26.2 Å². The van der Waals surface area contributed by atoms with Gasteiger partial charge in [-0.1, -0.05) is 39.0 Å². The molecule has 108 valence electrons.